The molecule has 1 saturated heterocycles. The first-order valence-corrected chi connectivity index (χ1v) is 13.7. The van der Waals surface area contributed by atoms with E-state index in [-0.39, 0.29) is 24.5 Å². The van der Waals surface area contributed by atoms with Gasteiger partial charge in [-0.05, 0) is 85.3 Å². The van der Waals surface area contributed by atoms with E-state index in [0.29, 0.717) is 0 Å². The highest BCUT2D eigenvalue weighted by atomic mass is 16.3. The maximum Gasteiger partial charge on any atom is 0.290 e. The van der Waals surface area contributed by atoms with Gasteiger partial charge >= 0.3 is 0 Å². The lowest BCUT2D eigenvalue weighted by Gasteiger charge is -2.41. The first kappa shape index (κ1) is 27.4. The number of anilines is 2. The molecular formula is C32H39N3O3. The molecule has 2 N–H and O–H groups in total. The average molecular weight is 514 g/mol. The van der Waals surface area contributed by atoms with Gasteiger partial charge in [0.25, 0.3) is 6.47 Å². The van der Waals surface area contributed by atoms with Crippen molar-refractivity contribution in [3.05, 3.63) is 83.9 Å². The molecule has 38 heavy (non-hydrogen) atoms. The van der Waals surface area contributed by atoms with E-state index in [0.717, 1.165) is 30.8 Å². The number of para-hydroxylation sites is 1. The maximum absolute atomic E-state index is 12.7. The zero-order chi connectivity index (χ0) is 26.9. The molecular weight excluding hydrogens is 474 g/mol. The minimum atomic E-state index is -0.250. The standard InChI is InChI=1S/C31H37N3O.CH2O2/c1-3-28-21-30(32-27-10-6-4-7-11-27)29-20-26(16-17-31(29)34(28)23(2)35)25-14-12-24(13-15-25)22-33-18-8-5-9-19-33;2-1-3/h4,6-7,10-17,20,28,30,32H,3,5,8-9,18-19,21-22H2,1-2H3;1H,(H,2,3)/t28-,30+;/m1./s1. The van der Waals surface area contributed by atoms with Gasteiger partial charge in [-0.15, -0.1) is 0 Å². The summed E-state index contributed by atoms with van der Waals surface area (Å²) in [4.78, 5) is 25.6. The highest BCUT2D eigenvalue weighted by Gasteiger charge is 2.34. The van der Waals surface area contributed by atoms with E-state index >= 15 is 0 Å². The second-order valence-corrected chi connectivity index (χ2v) is 10.2. The average Bonchev–Trinajstić information content (AvgIpc) is 2.94. The quantitative estimate of drug-likeness (QED) is 0.358. The van der Waals surface area contributed by atoms with E-state index in [1.54, 1.807) is 6.92 Å². The number of nitrogens with one attached hydrogen (secondary N) is 1. The number of fused-ring (bicyclic) bond motifs is 1. The Morgan fingerprint density at radius 3 is 2.26 bits per heavy atom. The molecule has 3 aromatic rings. The minimum Gasteiger partial charge on any atom is -0.483 e. The monoisotopic (exact) mass is 513 g/mol. The van der Waals surface area contributed by atoms with Gasteiger partial charge in [-0.1, -0.05) is 61.9 Å². The first-order chi connectivity index (χ1) is 18.5. The SMILES string of the molecule is CC[C@@H]1C[C@H](Nc2ccccc2)c2cc(-c3ccc(CN4CCCCC4)cc3)ccc2N1C(C)=O.O=CO. The third-order valence-electron chi connectivity index (χ3n) is 7.60. The molecule has 2 atom stereocenters. The van der Waals surface area contributed by atoms with Gasteiger partial charge in [0.15, 0.2) is 0 Å². The molecule has 5 rings (SSSR count). The number of nitrogens with zero attached hydrogens (tertiary/aromatic N) is 2. The van der Waals surface area contributed by atoms with Gasteiger partial charge in [-0.2, -0.15) is 0 Å². The summed E-state index contributed by atoms with van der Waals surface area (Å²) in [6.45, 7) is 7.08. The van der Waals surface area contributed by atoms with Crippen LogP contribution >= 0.6 is 0 Å². The van der Waals surface area contributed by atoms with Crippen molar-refractivity contribution in [2.45, 2.75) is 64.6 Å². The van der Waals surface area contributed by atoms with Crippen molar-refractivity contribution in [3.8, 4) is 11.1 Å². The van der Waals surface area contributed by atoms with E-state index in [1.807, 2.05) is 11.0 Å². The molecule has 2 aliphatic heterocycles. The fourth-order valence-electron chi connectivity index (χ4n) is 5.76. The second-order valence-electron chi connectivity index (χ2n) is 10.2. The van der Waals surface area contributed by atoms with Crippen molar-refractivity contribution >= 4 is 23.8 Å². The molecule has 0 bridgehead atoms. The summed E-state index contributed by atoms with van der Waals surface area (Å²) in [5, 5.41) is 10.6. The van der Waals surface area contributed by atoms with Gasteiger partial charge < -0.3 is 15.3 Å². The molecule has 6 nitrogen and oxygen atoms in total. The largest absolute Gasteiger partial charge is 0.483 e. The van der Waals surface area contributed by atoms with Gasteiger partial charge in [0.2, 0.25) is 5.91 Å². The molecule has 3 aromatic carbocycles. The third kappa shape index (κ3) is 6.62. The van der Waals surface area contributed by atoms with E-state index in [1.165, 1.54) is 54.6 Å². The molecule has 0 spiro atoms. The fourth-order valence-corrected chi connectivity index (χ4v) is 5.76. The number of carboxylic acid groups (broad SMARTS) is 1. The van der Waals surface area contributed by atoms with Gasteiger partial charge in [-0.3, -0.25) is 14.5 Å². The Balaban J connectivity index is 0.00000107. The zero-order valence-electron chi connectivity index (χ0n) is 22.5. The van der Waals surface area contributed by atoms with Gasteiger partial charge in [-0.25, -0.2) is 0 Å². The Hall–Kier alpha value is -3.64. The lowest BCUT2D eigenvalue weighted by atomic mass is 9.87. The lowest BCUT2D eigenvalue weighted by molar-refractivity contribution is -0.123. The van der Waals surface area contributed by atoms with Crippen LogP contribution in [0.1, 0.15) is 63.1 Å². The van der Waals surface area contributed by atoms with Crippen LogP contribution in [-0.4, -0.2) is 41.5 Å². The molecule has 6 heteroatoms. The van der Waals surface area contributed by atoms with Crippen molar-refractivity contribution < 1.29 is 14.7 Å². The zero-order valence-corrected chi connectivity index (χ0v) is 22.5. The molecule has 200 valence electrons. The molecule has 1 fully saturated rings. The van der Waals surface area contributed by atoms with E-state index in [2.05, 4.69) is 83.9 Å². The van der Waals surface area contributed by atoms with Crippen LogP contribution in [0, 0.1) is 0 Å². The Morgan fingerprint density at radius 2 is 1.63 bits per heavy atom. The number of amides is 1. The number of carbonyl (C=O) groups excluding carboxylic acids is 1. The highest BCUT2D eigenvalue weighted by molar-refractivity contribution is 5.94. The number of piperidine rings is 1. The summed E-state index contributed by atoms with van der Waals surface area (Å²) < 4.78 is 0. The number of benzene rings is 3. The molecule has 2 aliphatic rings. The summed E-state index contributed by atoms with van der Waals surface area (Å²) in [6, 6.07) is 26.4. The van der Waals surface area contributed by atoms with E-state index in [9.17, 15) is 4.79 Å². The normalized spacial score (nSPS) is 19.1. The highest BCUT2D eigenvalue weighted by Crippen LogP contribution is 2.42. The Bertz CT molecular complexity index is 1190. The lowest BCUT2D eigenvalue weighted by Crippen LogP contribution is -2.44. The number of carbonyl (C=O) groups is 2. The minimum absolute atomic E-state index is 0.117. The molecule has 1 amide bonds. The van der Waals surface area contributed by atoms with Crippen molar-refractivity contribution in [2.75, 3.05) is 23.3 Å². The van der Waals surface area contributed by atoms with Crippen LogP contribution in [0.4, 0.5) is 11.4 Å². The predicted octanol–water partition coefficient (Wildman–Crippen LogP) is 6.73. The number of likely N-dealkylation sites (tertiary alicyclic amines) is 1. The number of rotatable bonds is 6. The van der Waals surface area contributed by atoms with Crippen LogP contribution in [0.5, 0.6) is 0 Å². The molecule has 0 aromatic heterocycles. The maximum atomic E-state index is 12.7. The van der Waals surface area contributed by atoms with Crippen LogP contribution in [0.3, 0.4) is 0 Å². The van der Waals surface area contributed by atoms with Crippen molar-refractivity contribution in [2.24, 2.45) is 0 Å². The Kier molecular flexibility index (Phi) is 9.55. The van der Waals surface area contributed by atoms with Crippen molar-refractivity contribution in [3.63, 3.8) is 0 Å². The number of hydrogen-bond donors (Lipinski definition) is 2. The summed E-state index contributed by atoms with van der Waals surface area (Å²) in [5.74, 6) is 0.117. The van der Waals surface area contributed by atoms with E-state index < -0.39 is 0 Å². The molecule has 0 saturated carbocycles. The van der Waals surface area contributed by atoms with Gasteiger partial charge in [0.05, 0.1) is 6.04 Å². The van der Waals surface area contributed by atoms with Crippen LogP contribution in [0.2, 0.25) is 0 Å². The van der Waals surface area contributed by atoms with Crippen LogP contribution in [0.25, 0.3) is 11.1 Å². The summed E-state index contributed by atoms with van der Waals surface area (Å²) in [6.07, 6.45) is 5.85. The topological polar surface area (TPSA) is 72.9 Å². The molecule has 2 heterocycles. The first-order valence-electron chi connectivity index (χ1n) is 13.7. The predicted molar refractivity (Wildman–Crippen MR) is 154 cm³/mol. The number of hydrogen-bond acceptors (Lipinski definition) is 4. The Morgan fingerprint density at radius 1 is 0.974 bits per heavy atom. The van der Waals surface area contributed by atoms with Gasteiger partial charge in [0.1, 0.15) is 0 Å². The summed E-state index contributed by atoms with van der Waals surface area (Å²) >= 11 is 0. The molecule has 0 unspecified atom stereocenters. The van der Waals surface area contributed by atoms with Gasteiger partial charge in [0, 0.05) is 30.9 Å². The van der Waals surface area contributed by atoms with Crippen molar-refractivity contribution in [1.29, 1.82) is 0 Å². The summed E-state index contributed by atoms with van der Waals surface area (Å²) in [5.41, 5.74) is 7.15. The third-order valence-corrected chi connectivity index (χ3v) is 7.60. The summed E-state index contributed by atoms with van der Waals surface area (Å²) in [7, 11) is 0. The van der Waals surface area contributed by atoms with Crippen LogP contribution in [0.15, 0.2) is 72.8 Å². The van der Waals surface area contributed by atoms with Crippen LogP contribution < -0.4 is 10.2 Å². The fraction of sp³-hybridized carbons (Fsp3) is 0.375. The smallest absolute Gasteiger partial charge is 0.290 e. The van der Waals surface area contributed by atoms with Crippen molar-refractivity contribution in [1.82, 2.24) is 4.90 Å². The molecule has 0 aliphatic carbocycles. The second kappa shape index (κ2) is 13.2. The Labute approximate surface area is 226 Å². The molecule has 0 radical (unpaired) electrons. The van der Waals surface area contributed by atoms with Crippen LogP contribution in [-0.2, 0) is 16.1 Å². The van der Waals surface area contributed by atoms with E-state index in [4.69, 9.17) is 9.90 Å².